The SMILES string of the molecule is Cc1cc(C)c(CNC(=O)c2ccc([C@H](C)Oc3cccc(-c4cnc(N)nc4)c3)cc2)c(=O)[nH]1. The van der Waals surface area contributed by atoms with Crippen LogP contribution in [0.4, 0.5) is 5.95 Å². The predicted molar refractivity (Wildman–Crippen MR) is 135 cm³/mol. The minimum Gasteiger partial charge on any atom is -0.486 e. The summed E-state index contributed by atoms with van der Waals surface area (Å²) < 4.78 is 6.12. The summed E-state index contributed by atoms with van der Waals surface area (Å²) in [5.41, 5.74) is 10.8. The molecule has 1 atom stereocenters. The van der Waals surface area contributed by atoms with Gasteiger partial charge in [0.1, 0.15) is 11.9 Å². The van der Waals surface area contributed by atoms with E-state index in [1.54, 1.807) is 24.5 Å². The molecule has 0 aliphatic heterocycles. The Hall–Kier alpha value is -4.46. The lowest BCUT2D eigenvalue weighted by atomic mass is 10.1. The molecule has 1 amide bonds. The Morgan fingerprint density at radius 3 is 2.46 bits per heavy atom. The van der Waals surface area contributed by atoms with Crippen molar-refractivity contribution in [1.29, 1.82) is 0 Å². The number of carbonyl (C=O) groups excluding carboxylic acids is 1. The molecule has 0 spiro atoms. The summed E-state index contributed by atoms with van der Waals surface area (Å²) in [6.07, 6.45) is 3.11. The van der Waals surface area contributed by atoms with Crippen LogP contribution in [0.15, 0.2) is 71.8 Å². The van der Waals surface area contributed by atoms with E-state index < -0.39 is 0 Å². The van der Waals surface area contributed by atoms with Gasteiger partial charge in [0.25, 0.3) is 11.5 Å². The van der Waals surface area contributed by atoms with Gasteiger partial charge in [-0.05, 0) is 67.8 Å². The number of rotatable bonds is 7. The van der Waals surface area contributed by atoms with Crippen LogP contribution in [0.2, 0.25) is 0 Å². The first-order chi connectivity index (χ1) is 16.8. The minimum atomic E-state index is -0.247. The highest BCUT2D eigenvalue weighted by molar-refractivity contribution is 5.94. The van der Waals surface area contributed by atoms with Crippen molar-refractivity contribution in [2.45, 2.75) is 33.4 Å². The third-order valence-corrected chi connectivity index (χ3v) is 5.71. The summed E-state index contributed by atoms with van der Waals surface area (Å²) in [7, 11) is 0. The summed E-state index contributed by atoms with van der Waals surface area (Å²) >= 11 is 0. The van der Waals surface area contributed by atoms with E-state index in [1.807, 2.05) is 63.2 Å². The van der Waals surface area contributed by atoms with Gasteiger partial charge in [-0.3, -0.25) is 9.59 Å². The molecule has 2 heterocycles. The molecule has 35 heavy (non-hydrogen) atoms. The van der Waals surface area contributed by atoms with E-state index in [1.165, 1.54) is 0 Å². The first-order valence-corrected chi connectivity index (χ1v) is 11.2. The van der Waals surface area contributed by atoms with E-state index in [-0.39, 0.29) is 30.1 Å². The van der Waals surface area contributed by atoms with E-state index in [2.05, 4.69) is 20.3 Å². The van der Waals surface area contributed by atoms with Gasteiger partial charge in [-0.1, -0.05) is 24.3 Å². The molecule has 0 bridgehead atoms. The van der Waals surface area contributed by atoms with Crippen molar-refractivity contribution in [3.8, 4) is 16.9 Å². The normalized spacial score (nSPS) is 11.6. The Balaban J connectivity index is 1.39. The predicted octanol–water partition coefficient (Wildman–Crippen LogP) is 4.10. The molecule has 4 aromatic rings. The summed E-state index contributed by atoms with van der Waals surface area (Å²) in [5.74, 6) is 0.682. The Morgan fingerprint density at radius 2 is 1.77 bits per heavy atom. The topological polar surface area (TPSA) is 123 Å². The molecule has 8 heteroatoms. The Bertz CT molecular complexity index is 1400. The molecule has 0 fully saturated rings. The number of H-pyrrole nitrogens is 1. The fourth-order valence-electron chi connectivity index (χ4n) is 3.79. The Kier molecular flexibility index (Phi) is 6.91. The molecule has 4 N–H and O–H groups in total. The van der Waals surface area contributed by atoms with Crippen LogP contribution in [0.3, 0.4) is 0 Å². The second kappa shape index (κ2) is 10.2. The van der Waals surface area contributed by atoms with Gasteiger partial charge in [-0.2, -0.15) is 0 Å². The number of benzene rings is 2. The third-order valence-electron chi connectivity index (χ3n) is 5.71. The average Bonchev–Trinajstić information content (AvgIpc) is 2.84. The number of anilines is 1. The van der Waals surface area contributed by atoms with Gasteiger partial charge in [0.15, 0.2) is 0 Å². The van der Waals surface area contributed by atoms with Gasteiger partial charge in [0.05, 0.1) is 0 Å². The first-order valence-electron chi connectivity index (χ1n) is 11.2. The van der Waals surface area contributed by atoms with Crippen LogP contribution in [0.5, 0.6) is 5.75 Å². The van der Waals surface area contributed by atoms with Crippen LogP contribution in [-0.2, 0) is 6.54 Å². The molecule has 8 nitrogen and oxygen atoms in total. The lowest BCUT2D eigenvalue weighted by molar-refractivity contribution is 0.0950. The van der Waals surface area contributed by atoms with Crippen LogP contribution in [0.1, 0.15) is 45.8 Å². The smallest absolute Gasteiger partial charge is 0.253 e. The largest absolute Gasteiger partial charge is 0.486 e. The van der Waals surface area contributed by atoms with Crippen molar-refractivity contribution in [2.75, 3.05) is 5.73 Å². The molecule has 2 aromatic carbocycles. The fourth-order valence-corrected chi connectivity index (χ4v) is 3.79. The van der Waals surface area contributed by atoms with Crippen molar-refractivity contribution in [3.63, 3.8) is 0 Å². The van der Waals surface area contributed by atoms with Crippen molar-refractivity contribution >= 4 is 11.9 Å². The highest BCUT2D eigenvalue weighted by atomic mass is 16.5. The number of nitrogens with two attached hydrogens (primary N) is 1. The zero-order valence-corrected chi connectivity index (χ0v) is 19.8. The number of aromatic nitrogens is 3. The molecule has 178 valence electrons. The van der Waals surface area contributed by atoms with Crippen molar-refractivity contribution in [2.24, 2.45) is 0 Å². The number of hydrogen-bond acceptors (Lipinski definition) is 6. The number of nitrogens with zero attached hydrogens (tertiary/aromatic N) is 2. The molecule has 0 unspecified atom stereocenters. The number of nitrogens with one attached hydrogen (secondary N) is 2. The molecule has 0 aliphatic carbocycles. The summed E-state index contributed by atoms with van der Waals surface area (Å²) in [6, 6.07) is 16.8. The second-order valence-electron chi connectivity index (χ2n) is 8.37. The van der Waals surface area contributed by atoms with Gasteiger partial charge in [0, 0.05) is 41.3 Å². The fraction of sp³-hybridized carbons (Fsp3) is 0.185. The van der Waals surface area contributed by atoms with E-state index in [0.717, 1.165) is 27.9 Å². The number of aryl methyl sites for hydroxylation is 2. The van der Waals surface area contributed by atoms with Gasteiger partial charge >= 0.3 is 0 Å². The van der Waals surface area contributed by atoms with Crippen molar-refractivity contribution < 1.29 is 9.53 Å². The van der Waals surface area contributed by atoms with Gasteiger partial charge in [-0.15, -0.1) is 0 Å². The summed E-state index contributed by atoms with van der Waals surface area (Å²) in [5, 5.41) is 2.82. The van der Waals surface area contributed by atoms with E-state index >= 15 is 0 Å². The molecule has 0 saturated heterocycles. The van der Waals surface area contributed by atoms with Crippen molar-refractivity contribution in [1.82, 2.24) is 20.3 Å². The van der Waals surface area contributed by atoms with Gasteiger partial charge in [0.2, 0.25) is 5.95 Å². The Morgan fingerprint density at radius 1 is 1.06 bits per heavy atom. The zero-order valence-electron chi connectivity index (χ0n) is 19.8. The maximum atomic E-state index is 12.6. The molecular weight excluding hydrogens is 442 g/mol. The molecule has 0 aliphatic rings. The average molecular weight is 470 g/mol. The highest BCUT2D eigenvalue weighted by Gasteiger charge is 2.12. The van der Waals surface area contributed by atoms with Crippen LogP contribution in [-0.4, -0.2) is 20.9 Å². The quantitative estimate of drug-likeness (QED) is 0.374. The lowest BCUT2D eigenvalue weighted by Gasteiger charge is -2.16. The number of ether oxygens (including phenoxy) is 1. The molecule has 0 saturated carbocycles. The number of nitrogen functional groups attached to an aromatic ring is 1. The van der Waals surface area contributed by atoms with E-state index in [4.69, 9.17) is 10.5 Å². The first kappa shape index (κ1) is 23.7. The van der Waals surface area contributed by atoms with E-state index in [0.29, 0.717) is 16.9 Å². The second-order valence-corrected chi connectivity index (χ2v) is 8.37. The van der Waals surface area contributed by atoms with Gasteiger partial charge < -0.3 is 20.8 Å². The Labute approximate surface area is 203 Å². The molecule has 0 radical (unpaired) electrons. The molecule has 4 rings (SSSR count). The lowest BCUT2D eigenvalue weighted by Crippen LogP contribution is -2.27. The van der Waals surface area contributed by atoms with Crippen molar-refractivity contribution in [3.05, 3.63) is 105 Å². The monoisotopic (exact) mass is 469 g/mol. The third kappa shape index (κ3) is 5.73. The number of pyridine rings is 1. The zero-order chi connectivity index (χ0) is 24.9. The minimum absolute atomic E-state index is 0.164. The number of aromatic amines is 1. The summed E-state index contributed by atoms with van der Waals surface area (Å²) in [4.78, 5) is 35.6. The van der Waals surface area contributed by atoms with E-state index in [9.17, 15) is 9.59 Å². The number of hydrogen-bond donors (Lipinski definition) is 3. The maximum absolute atomic E-state index is 12.6. The van der Waals surface area contributed by atoms with Crippen LogP contribution >= 0.6 is 0 Å². The maximum Gasteiger partial charge on any atom is 0.253 e. The van der Waals surface area contributed by atoms with Gasteiger partial charge in [-0.25, -0.2) is 9.97 Å². The standard InChI is InChI=1S/C27H27N5O3/c1-16-11-17(2)32-26(34)24(16)15-29-25(33)20-9-7-19(8-10-20)18(3)35-23-6-4-5-21(12-23)22-13-30-27(28)31-14-22/h4-14,18H,15H2,1-3H3,(H,29,33)(H,32,34)(H2,28,30,31)/t18-/m0/s1. The number of carbonyl (C=O) groups is 1. The number of amides is 1. The van der Waals surface area contributed by atoms with Crippen LogP contribution in [0, 0.1) is 13.8 Å². The highest BCUT2D eigenvalue weighted by Crippen LogP contribution is 2.27. The van der Waals surface area contributed by atoms with Crippen LogP contribution < -0.4 is 21.3 Å². The molecule has 2 aromatic heterocycles. The summed E-state index contributed by atoms with van der Waals surface area (Å²) in [6.45, 7) is 5.80. The molecular formula is C27H27N5O3. The van der Waals surface area contributed by atoms with Crippen LogP contribution in [0.25, 0.3) is 11.1 Å².